The zero-order valence-corrected chi connectivity index (χ0v) is 16.1. The molecule has 0 radical (unpaired) electrons. The van der Waals surface area contributed by atoms with Gasteiger partial charge in [-0.15, -0.1) is 0 Å². The molecule has 2 atom stereocenters. The van der Waals surface area contributed by atoms with E-state index in [1.54, 1.807) is 0 Å². The molecule has 0 heterocycles. The number of nitriles is 3. The molecule has 2 aliphatic rings. The first-order valence-electron chi connectivity index (χ1n) is 9.34. The predicted molar refractivity (Wildman–Crippen MR) is 104 cm³/mol. The molecule has 2 N–H and O–H groups in total. The first kappa shape index (κ1) is 18.8. The van der Waals surface area contributed by atoms with Gasteiger partial charge in [-0.2, -0.15) is 15.8 Å². The fourth-order valence-electron chi connectivity index (χ4n) is 4.44. The van der Waals surface area contributed by atoms with E-state index in [0.717, 1.165) is 30.4 Å². The summed E-state index contributed by atoms with van der Waals surface area (Å²) in [6, 6.07) is 14.7. The van der Waals surface area contributed by atoms with Crippen LogP contribution in [0.2, 0.25) is 0 Å². The number of nitrogens with zero attached hydrogens (tertiary/aromatic N) is 3. The topological polar surface area (TPSA) is 97.4 Å². The fraction of sp³-hybridized carbons (Fsp3) is 0.435. The molecule has 0 saturated heterocycles. The van der Waals surface area contributed by atoms with E-state index in [9.17, 15) is 15.8 Å². The van der Waals surface area contributed by atoms with E-state index in [4.69, 9.17) is 5.73 Å². The Kier molecular flexibility index (Phi) is 4.59. The molecular formula is C23H24N4. The number of allylic oxidation sites excluding steroid dienone is 4. The van der Waals surface area contributed by atoms with Crippen LogP contribution in [0.5, 0.6) is 0 Å². The Bertz CT molecular complexity index is 923. The van der Waals surface area contributed by atoms with Crippen LogP contribution in [-0.2, 0) is 5.41 Å². The van der Waals surface area contributed by atoms with Crippen molar-refractivity contribution in [3.05, 3.63) is 58.3 Å². The second kappa shape index (κ2) is 6.61. The van der Waals surface area contributed by atoms with Gasteiger partial charge < -0.3 is 5.73 Å². The summed E-state index contributed by atoms with van der Waals surface area (Å²) >= 11 is 0. The van der Waals surface area contributed by atoms with Gasteiger partial charge in [0.05, 0.1) is 23.4 Å². The monoisotopic (exact) mass is 356 g/mol. The summed E-state index contributed by atoms with van der Waals surface area (Å²) in [6.07, 6.45) is 4.79. The van der Waals surface area contributed by atoms with Crippen LogP contribution in [0.1, 0.15) is 57.1 Å². The Morgan fingerprint density at radius 1 is 1.07 bits per heavy atom. The van der Waals surface area contributed by atoms with Crippen LogP contribution < -0.4 is 5.73 Å². The van der Waals surface area contributed by atoms with Crippen LogP contribution in [-0.4, -0.2) is 0 Å². The summed E-state index contributed by atoms with van der Waals surface area (Å²) in [5, 5.41) is 29.7. The molecule has 27 heavy (non-hydrogen) atoms. The molecule has 0 amide bonds. The van der Waals surface area contributed by atoms with E-state index < -0.39 is 5.41 Å². The normalized spacial score (nSPS) is 24.1. The second-order valence-electron chi connectivity index (χ2n) is 8.48. The molecule has 0 bridgehead atoms. The van der Waals surface area contributed by atoms with Crippen molar-refractivity contribution in [3.63, 3.8) is 0 Å². The summed E-state index contributed by atoms with van der Waals surface area (Å²) in [6.45, 7) is 6.46. The Labute approximate surface area is 161 Å². The van der Waals surface area contributed by atoms with Crippen molar-refractivity contribution in [3.8, 4) is 18.2 Å². The lowest BCUT2D eigenvalue weighted by atomic mass is 9.56. The van der Waals surface area contributed by atoms with E-state index in [-0.39, 0.29) is 22.9 Å². The third kappa shape index (κ3) is 2.81. The van der Waals surface area contributed by atoms with E-state index in [1.165, 1.54) is 5.56 Å². The van der Waals surface area contributed by atoms with E-state index in [1.807, 2.05) is 12.1 Å². The van der Waals surface area contributed by atoms with Crippen molar-refractivity contribution >= 4 is 0 Å². The molecule has 4 nitrogen and oxygen atoms in total. The standard InChI is InChI=1S/C23H24N4/c1-22(2,3)16-10-8-15(9-11-16)20-18-7-5-4-6-17(18)19(12-24)21(27)23(20,13-25)14-26/h6,8-11,18,20H,4-5,7,27H2,1-3H3. The number of hydrogen-bond acceptors (Lipinski definition) is 4. The van der Waals surface area contributed by atoms with Crippen LogP contribution in [0.3, 0.4) is 0 Å². The lowest BCUT2D eigenvalue weighted by Gasteiger charge is -2.43. The lowest BCUT2D eigenvalue weighted by molar-refractivity contribution is 0.317. The molecule has 0 fully saturated rings. The fourth-order valence-corrected chi connectivity index (χ4v) is 4.44. The molecule has 1 aromatic rings. The van der Waals surface area contributed by atoms with Crippen molar-refractivity contribution in [1.82, 2.24) is 0 Å². The van der Waals surface area contributed by atoms with Crippen LogP contribution in [0.25, 0.3) is 0 Å². The summed E-state index contributed by atoms with van der Waals surface area (Å²) < 4.78 is 0. The van der Waals surface area contributed by atoms with Gasteiger partial charge in [0.25, 0.3) is 0 Å². The van der Waals surface area contributed by atoms with Crippen LogP contribution in [0, 0.1) is 45.3 Å². The van der Waals surface area contributed by atoms with Gasteiger partial charge in [0.15, 0.2) is 5.41 Å². The summed E-state index contributed by atoms with van der Waals surface area (Å²) in [7, 11) is 0. The van der Waals surface area contributed by atoms with Gasteiger partial charge in [0.2, 0.25) is 0 Å². The average Bonchev–Trinajstić information content (AvgIpc) is 2.66. The first-order chi connectivity index (χ1) is 12.8. The molecule has 0 saturated carbocycles. The Morgan fingerprint density at radius 2 is 1.70 bits per heavy atom. The molecule has 1 aromatic carbocycles. The maximum atomic E-state index is 10.0. The van der Waals surface area contributed by atoms with Crippen molar-refractivity contribution in [2.45, 2.75) is 51.4 Å². The van der Waals surface area contributed by atoms with Gasteiger partial charge in [-0.25, -0.2) is 0 Å². The minimum Gasteiger partial charge on any atom is -0.399 e. The van der Waals surface area contributed by atoms with Crippen molar-refractivity contribution in [1.29, 1.82) is 15.8 Å². The van der Waals surface area contributed by atoms with Crippen LogP contribution in [0.4, 0.5) is 0 Å². The molecule has 4 heteroatoms. The average molecular weight is 356 g/mol. The van der Waals surface area contributed by atoms with Gasteiger partial charge in [-0.1, -0.05) is 51.1 Å². The minimum absolute atomic E-state index is 0.0233. The number of fused-ring (bicyclic) bond motifs is 1. The Balaban J connectivity index is 2.24. The maximum absolute atomic E-state index is 10.0. The molecule has 0 spiro atoms. The van der Waals surface area contributed by atoms with E-state index >= 15 is 0 Å². The van der Waals surface area contributed by atoms with Gasteiger partial charge in [-0.3, -0.25) is 0 Å². The predicted octanol–water partition coefficient (Wildman–Crippen LogP) is 4.58. The molecule has 0 aromatic heterocycles. The quantitative estimate of drug-likeness (QED) is 0.796. The lowest BCUT2D eigenvalue weighted by Crippen LogP contribution is -2.42. The third-order valence-electron chi connectivity index (χ3n) is 5.94. The van der Waals surface area contributed by atoms with Gasteiger partial charge in [-0.05, 0) is 47.3 Å². The number of benzene rings is 1. The third-order valence-corrected chi connectivity index (χ3v) is 5.94. The van der Waals surface area contributed by atoms with Crippen molar-refractivity contribution in [2.24, 2.45) is 17.1 Å². The molecule has 0 aliphatic heterocycles. The highest BCUT2D eigenvalue weighted by Crippen LogP contribution is 2.55. The largest absolute Gasteiger partial charge is 0.399 e. The molecular weight excluding hydrogens is 332 g/mol. The molecule has 2 aliphatic carbocycles. The second-order valence-corrected chi connectivity index (χ2v) is 8.48. The highest BCUT2D eigenvalue weighted by atomic mass is 14.7. The zero-order valence-electron chi connectivity index (χ0n) is 16.1. The highest BCUT2D eigenvalue weighted by Gasteiger charge is 2.53. The van der Waals surface area contributed by atoms with Gasteiger partial charge in [0.1, 0.15) is 6.07 Å². The molecule has 3 rings (SSSR count). The summed E-state index contributed by atoms with van der Waals surface area (Å²) in [5.41, 5.74) is 8.26. The van der Waals surface area contributed by atoms with E-state index in [2.05, 4.69) is 57.2 Å². The van der Waals surface area contributed by atoms with Gasteiger partial charge >= 0.3 is 0 Å². The van der Waals surface area contributed by atoms with Gasteiger partial charge in [0, 0.05) is 5.92 Å². The first-order valence-corrected chi connectivity index (χ1v) is 9.34. The molecule has 136 valence electrons. The Hall–Kier alpha value is -3.03. The summed E-state index contributed by atoms with van der Waals surface area (Å²) in [5.74, 6) is -0.411. The molecule has 2 unspecified atom stereocenters. The number of rotatable bonds is 1. The van der Waals surface area contributed by atoms with E-state index in [0.29, 0.717) is 5.57 Å². The maximum Gasteiger partial charge on any atom is 0.191 e. The van der Waals surface area contributed by atoms with Crippen LogP contribution >= 0.6 is 0 Å². The van der Waals surface area contributed by atoms with Crippen molar-refractivity contribution < 1.29 is 0 Å². The Morgan fingerprint density at radius 3 is 2.22 bits per heavy atom. The van der Waals surface area contributed by atoms with Crippen LogP contribution in [0.15, 0.2) is 47.2 Å². The summed E-state index contributed by atoms with van der Waals surface area (Å²) in [4.78, 5) is 0. The number of hydrogen-bond donors (Lipinski definition) is 1. The smallest absolute Gasteiger partial charge is 0.191 e. The number of nitrogens with two attached hydrogens (primary N) is 1. The zero-order chi connectivity index (χ0) is 19.8. The minimum atomic E-state index is -1.52. The van der Waals surface area contributed by atoms with Crippen molar-refractivity contribution in [2.75, 3.05) is 0 Å². The SMILES string of the molecule is CC(C)(C)c1ccc(C2C3CCCC=C3C(C#N)=C(N)C2(C#N)C#N)cc1. The highest BCUT2D eigenvalue weighted by molar-refractivity contribution is 5.59.